The van der Waals surface area contributed by atoms with Gasteiger partial charge in [-0.3, -0.25) is 0 Å². The number of hydrogen-bond acceptors (Lipinski definition) is 2. The highest BCUT2D eigenvalue weighted by Crippen LogP contribution is 2.02. The molecule has 0 radical (unpaired) electrons. The zero-order valence-corrected chi connectivity index (χ0v) is 10.1. The molecular formula is C13H14O2Si. The van der Waals surface area contributed by atoms with Crippen molar-refractivity contribution in [3.05, 3.63) is 60.2 Å². The normalized spacial score (nSPS) is 11.4. The van der Waals surface area contributed by atoms with Gasteiger partial charge in [-0.1, -0.05) is 54.6 Å². The van der Waals surface area contributed by atoms with E-state index in [9.17, 15) is 9.59 Å². The highest BCUT2D eigenvalue weighted by atomic mass is 28.4. The summed E-state index contributed by atoms with van der Waals surface area (Å²) in [5.74, 6) is 0. The maximum Gasteiger partial charge on any atom is 0.401 e. The predicted octanol–water partition coefficient (Wildman–Crippen LogP) is 0.536. The average Bonchev–Trinajstić information content (AvgIpc) is 2.30. The fraction of sp³-hybridized carbons (Fsp3) is 0.0769. The molecule has 0 unspecified atom stereocenters. The number of rotatable bonds is 2. The van der Waals surface area contributed by atoms with Crippen molar-refractivity contribution >= 4 is 18.9 Å². The molecule has 0 aliphatic carbocycles. The van der Waals surface area contributed by atoms with Gasteiger partial charge in [-0.15, -0.1) is 0 Å². The molecule has 0 saturated heterocycles. The van der Waals surface area contributed by atoms with Crippen LogP contribution in [-0.4, -0.2) is 18.2 Å². The summed E-state index contributed by atoms with van der Waals surface area (Å²) in [4.78, 5) is 20.7. The van der Waals surface area contributed by atoms with Gasteiger partial charge in [0.25, 0.3) is 0 Å². The van der Waals surface area contributed by atoms with Crippen molar-refractivity contribution in [1.29, 1.82) is 0 Å². The third-order valence-corrected chi connectivity index (χ3v) is 5.15. The quantitative estimate of drug-likeness (QED) is 0.739. The smallest absolute Gasteiger partial charge is 0.401 e. The Morgan fingerprint density at radius 1 is 0.812 bits per heavy atom. The summed E-state index contributed by atoms with van der Waals surface area (Å²) in [7, 11) is -3.50. The summed E-state index contributed by atoms with van der Waals surface area (Å²) < 4.78 is 0. The van der Waals surface area contributed by atoms with Gasteiger partial charge in [0.1, 0.15) is 0 Å². The van der Waals surface area contributed by atoms with Gasteiger partial charge in [-0.25, -0.2) is 0 Å². The average molecular weight is 230 g/mol. The molecule has 2 rings (SSSR count). The van der Waals surface area contributed by atoms with E-state index in [1.165, 1.54) is 0 Å². The lowest BCUT2D eigenvalue weighted by Gasteiger charge is -2.20. The Morgan fingerprint density at radius 2 is 1.38 bits per heavy atom. The third kappa shape index (κ3) is 1.93. The fourth-order valence-electron chi connectivity index (χ4n) is 1.79. The van der Waals surface area contributed by atoms with E-state index in [0.717, 1.165) is 5.56 Å². The minimum Gasteiger partial charge on any atom is -0.404 e. The van der Waals surface area contributed by atoms with Crippen LogP contribution >= 0.6 is 0 Å². The van der Waals surface area contributed by atoms with Crippen LogP contribution in [-0.2, 0) is 0 Å². The van der Waals surface area contributed by atoms with Crippen LogP contribution in [0, 0.1) is 6.92 Å². The number of aryl methyl sites for hydroxylation is 1. The molecule has 0 amide bonds. The topological polar surface area (TPSA) is 40.5 Å². The molecule has 0 bridgehead atoms. The molecule has 2 nitrogen and oxygen atoms in total. The molecule has 3 heteroatoms. The van der Waals surface area contributed by atoms with Crippen molar-refractivity contribution in [3.8, 4) is 0 Å². The van der Waals surface area contributed by atoms with E-state index in [0.29, 0.717) is 10.4 Å². The Morgan fingerprint density at radius 3 is 2.00 bits per heavy atom. The van der Waals surface area contributed by atoms with Gasteiger partial charge in [0.05, 0.1) is 0 Å². The summed E-state index contributed by atoms with van der Waals surface area (Å²) in [6.07, 6.45) is 0. The van der Waals surface area contributed by atoms with E-state index in [4.69, 9.17) is 0 Å². The first-order chi connectivity index (χ1) is 7.62. The van der Waals surface area contributed by atoms with Crippen LogP contribution < -0.4 is 10.4 Å². The highest BCUT2D eigenvalue weighted by Gasteiger charge is 2.35. The lowest BCUT2D eigenvalue weighted by Crippen LogP contribution is -2.59. The molecule has 16 heavy (non-hydrogen) atoms. The zero-order valence-electron chi connectivity index (χ0n) is 9.09. The minimum atomic E-state index is -3.50. The predicted molar refractivity (Wildman–Crippen MR) is 67.1 cm³/mol. The summed E-state index contributed by atoms with van der Waals surface area (Å²) in [5.41, 5.74) is 0.919. The minimum absolute atomic E-state index is 0.615. The number of benzene rings is 2. The van der Waals surface area contributed by atoms with Crippen molar-refractivity contribution in [2.24, 2.45) is 0 Å². The molecule has 0 spiro atoms. The summed E-state index contributed by atoms with van der Waals surface area (Å²) in [5, 5.41) is 1.27. The first-order valence-corrected chi connectivity index (χ1v) is 7.08. The molecule has 2 aromatic carbocycles. The third-order valence-electron chi connectivity index (χ3n) is 2.70. The first-order valence-electron chi connectivity index (χ1n) is 5.19. The largest absolute Gasteiger partial charge is 0.404 e. The molecule has 0 saturated carbocycles. The monoisotopic (exact) mass is 230 g/mol. The Kier molecular flexibility index (Phi) is 2.92. The van der Waals surface area contributed by atoms with Gasteiger partial charge in [-0.2, -0.15) is 0 Å². The first kappa shape index (κ1) is 11.1. The van der Waals surface area contributed by atoms with E-state index in [1.807, 2.05) is 43.3 Å². The van der Waals surface area contributed by atoms with Crippen LogP contribution in [0.3, 0.4) is 0 Å². The van der Waals surface area contributed by atoms with Crippen LogP contribution in [0.2, 0.25) is 0 Å². The van der Waals surface area contributed by atoms with E-state index in [2.05, 4.69) is 0 Å². The van der Waals surface area contributed by atoms with E-state index in [1.54, 1.807) is 18.2 Å². The Hall–Kier alpha value is -1.42. The summed E-state index contributed by atoms with van der Waals surface area (Å²) in [6.45, 7) is 1.90. The molecule has 2 aromatic rings. The lowest BCUT2D eigenvalue weighted by atomic mass is 10.2. The maximum atomic E-state index is 10.3. The maximum absolute atomic E-state index is 10.3. The fourth-order valence-corrected chi connectivity index (χ4v) is 3.72. The van der Waals surface area contributed by atoms with Crippen LogP contribution in [0.1, 0.15) is 5.56 Å². The molecule has 0 atom stereocenters. The van der Waals surface area contributed by atoms with Gasteiger partial charge in [0.15, 0.2) is 0 Å². The molecule has 2 N–H and O–H groups in total. The molecular weight excluding hydrogens is 216 g/mol. The van der Waals surface area contributed by atoms with Crippen LogP contribution in [0.5, 0.6) is 0 Å². The van der Waals surface area contributed by atoms with Crippen LogP contribution in [0.15, 0.2) is 54.6 Å². The SMILES string of the molecule is Cc1ccccc1[Si](O)(O)c1ccccc1. The van der Waals surface area contributed by atoms with Gasteiger partial charge in [-0.05, 0) is 17.7 Å². The van der Waals surface area contributed by atoms with E-state index >= 15 is 0 Å². The summed E-state index contributed by atoms with van der Waals surface area (Å²) >= 11 is 0. The van der Waals surface area contributed by atoms with Gasteiger partial charge in [0, 0.05) is 5.19 Å². The van der Waals surface area contributed by atoms with E-state index in [-0.39, 0.29) is 0 Å². The Balaban J connectivity index is 2.51. The molecule has 0 aliphatic heterocycles. The molecule has 0 heterocycles. The second kappa shape index (κ2) is 4.21. The second-order valence-corrected chi connectivity index (χ2v) is 6.31. The zero-order chi connectivity index (χ0) is 11.6. The van der Waals surface area contributed by atoms with Crippen molar-refractivity contribution < 1.29 is 9.59 Å². The highest BCUT2D eigenvalue weighted by molar-refractivity contribution is 6.90. The van der Waals surface area contributed by atoms with Crippen molar-refractivity contribution in [2.75, 3.05) is 0 Å². The van der Waals surface area contributed by atoms with E-state index < -0.39 is 8.56 Å². The Labute approximate surface area is 96.1 Å². The van der Waals surface area contributed by atoms with Crippen LogP contribution in [0.25, 0.3) is 0 Å². The molecule has 0 aromatic heterocycles. The summed E-state index contributed by atoms with van der Waals surface area (Å²) in [6, 6.07) is 16.4. The molecule has 0 fully saturated rings. The van der Waals surface area contributed by atoms with Crippen LogP contribution in [0.4, 0.5) is 0 Å². The second-order valence-electron chi connectivity index (χ2n) is 3.85. The van der Waals surface area contributed by atoms with Gasteiger partial charge >= 0.3 is 8.56 Å². The van der Waals surface area contributed by atoms with Gasteiger partial charge < -0.3 is 9.59 Å². The van der Waals surface area contributed by atoms with Crippen molar-refractivity contribution in [2.45, 2.75) is 6.92 Å². The molecule has 82 valence electrons. The standard InChI is InChI=1S/C13H14O2Si/c1-11-7-5-6-10-13(11)16(14,15)12-8-3-2-4-9-12/h2-10,14-15H,1H3. The molecule has 0 aliphatic rings. The van der Waals surface area contributed by atoms with Crippen molar-refractivity contribution in [1.82, 2.24) is 0 Å². The Bertz CT molecular complexity index is 480. The van der Waals surface area contributed by atoms with Gasteiger partial charge in [0.2, 0.25) is 0 Å². The lowest BCUT2D eigenvalue weighted by molar-refractivity contribution is 0.401. The van der Waals surface area contributed by atoms with Crippen molar-refractivity contribution in [3.63, 3.8) is 0 Å². The number of hydrogen-bond donors (Lipinski definition) is 2.